The Kier molecular flexibility index (Phi) is 4.76. The molecule has 0 saturated carbocycles. The molecule has 0 unspecified atom stereocenters. The molecule has 0 fully saturated rings. The van der Waals surface area contributed by atoms with Crippen LogP contribution in [0.1, 0.15) is 53.5 Å². The van der Waals surface area contributed by atoms with Crippen molar-refractivity contribution in [2.45, 2.75) is 48.0 Å². The Labute approximate surface area is 131 Å². The van der Waals surface area contributed by atoms with E-state index in [9.17, 15) is 0 Å². The van der Waals surface area contributed by atoms with Crippen LogP contribution in [-0.4, -0.2) is 0 Å². The van der Waals surface area contributed by atoms with Gasteiger partial charge in [-0.1, -0.05) is 89.6 Å². The molecule has 0 nitrogen and oxygen atoms in total. The molecule has 1 aliphatic carbocycles. The van der Waals surface area contributed by atoms with Crippen LogP contribution in [0.3, 0.4) is 0 Å². The van der Waals surface area contributed by atoms with Crippen LogP contribution in [0.2, 0.25) is 0 Å². The Hall–Kier alpha value is -1.30. The molecule has 0 spiro atoms. The van der Waals surface area contributed by atoms with E-state index in [1.165, 1.54) is 17.6 Å². The Morgan fingerprint density at radius 3 is 1.86 bits per heavy atom. The molecule has 0 amide bonds. The number of hydrogen-bond acceptors (Lipinski definition) is 0. The number of benzene rings is 1. The molecule has 0 saturated heterocycles. The summed E-state index contributed by atoms with van der Waals surface area (Å²) >= 11 is 0. The number of hydrogen-bond donors (Lipinski definition) is 0. The third-order valence-corrected chi connectivity index (χ3v) is 5.35. The molecule has 0 radical (unpaired) electrons. The van der Waals surface area contributed by atoms with Gasteiger partial charge in [-0.2, -0.15) is 0 Å². The van der Waals surface area contributed by atoms with E-state index >= 15 is 0 Å². The van der Waals surface area contributed by atoms with Crippen LogP contribution in [0, 0.1) is 23.2 Å². The van der Waals surface area contributed by atoms with Crippen molar-refractivity contribution >= 4 is 5.57 Å². The second-order valence-corrected chi connectivity index (χ2v) is 7.37. The van der Waals surface area contributed by atoms with Gasteiger partial charge in [0.1, 0.15) is 0 Å². The average Bonchev–Trinajstić information content (AvgIpc) is 2.46. The second kappa shape index (κ2) is 6.22. The Morgan fingerprint density at radius 2 is 1.38 bits per heavy atom. The summed E-state index contributed by atoms with van der Waals surface area (Å²) in [6.07, 6.45) is 5.96. The zero-order valence-corrected chi connectivity index (χ0v) is 14.5. The molecule has 0 bridgehead atoms. The van der Waals surface area contributed by atoms with Gasteiger partial charge in [0.15, 0.2) is 0 Å². The Balaban J connectivity index is 2.60. The smallest absolute Gasteiger partial charge is 0.00421 e. The van der Waals surface area contributed by atoms with Crippen molar-refractivity contribution in [3.8, 4) is 0 Å². The molecule has 1 aliphatic rings. The summed E-state index contributed by atoms with van der Waals surface area (Å²) in [5.41, 5.74) is 4.75. The Bertz CT molecular complexity index is 518. The Morgan fingerprint density at radius 1 is 0.810 bits per heavy atom. The highest BCUT2D eigenvalue weighted by atomic mass is 14.5. The molecule has 1 aromatic carbocycles. The lowest BCUT2D eigenvalue weighted by molar-refractivity contribution is 0.185. The highest BCUT2D eigenvalue weighted by molar-refractivity contribution is 5.74. The SMILES string of the molecule is CC(C)C1=CC=C(c2ccccc2)C(C(C)C)(C(C)C)C1. The fraction of sp³-hybridized carbons (Fsp3) is 0.524. The fourth-order valence-electron chi connectivity index (χ4n) is 3.91. The topological polar surface area (TPSA) is 0 Å². The predicted octanol–water partition coefficient (Wildman–Crippen LogP) is 6.35. The van der Waals surface area contributed by atoms with Gasteiger partial charge in [0.05, 0.1) is 0 Å². The highest BCUT2D eigenvalue weighted by Crippen LogP contribution is 2.54. The summed E-state index contributed by atoms with van der Waals surface area (Å²) in [7, 11) is 0. The van der Waals surface area contributed by atoms with Crippen LogP contribution in [0.15, 0.2) is 48.1 Å². The van der Waals surface area contributed by atoms with Crippen LogP contribution in [0.25, 0.3) is 5.57 Å². The van der Waals surface area contributed by atoms with E-state index in [-0.39, 0.29) is 5.41 Å². The van der Waals surface area contributed by atoms with Gasteiger partial charge in [-0.25, -0.2) is 0 Å². The molecule has 0 aromatic heterocycles. The summed E-state index contributed by atoms with van der Waals surface area (Å²) in [6, 6.07) is 10.9. The van der Waals surface area contributed by atoms with Gasteiger partial charge < -0.3 is 0 Å². The van der Waals surface area contributed by atoms with E-state index in [2.05, 4.69) is 84.0 Å². The highest BCUT2D eigenvalue weighted by Gasteiger charge is 2.43. The molecule has 0 aliphatic heterocycles. The minimum Gasteiger partial charge on any atom is -0.0667 e. The third-order valence-electron chi connectivity index (χ3n) is 5.35. The summed E-state index contributed by atoms with van der Waals surface area (Å²) in [5.74, 6) is 1.90. The maximum Gasteiger partial charge on any atom is 0.00421 e. The first kappa shape index (κ1) is 16.1. The summed E-state index contributed by atoms with van der Waals surface area (Å²) < 4.78 is 0. The molecular formula is C21H30. The lowest BCUT2D eigenvalue weighted by Crippen LogP contribution is -2.37. The monoisotopic (exact) mass is 282 g/mol. The molecule has 0 heterocycles. The maximum atomic E-state index is 2.40. The summed E-state index contributed by atoms with van der Waals surface area (Å²) in [4.78, 5) is 0. The minimum absolute atomic E-state index is 0.246. The normalized spacial score (nSPS) is 18.1. The molecule has 2 rings (SSSR count). The van der Waals surface area contributed by atoms with Crippen molar-refractivity contribution < 1.29 is 0 Å². The van der Waals surface area contributed by atoms with E-state index < -0.39 is 0 Å². The van der Waals surface area contributed by atoms with E-state index in [1.54, 1.807) is 5.57 Å². The summed E-state index contributed by atoms with van der Waals surface area (Å²) in [6.45, 7) is 14.2. The zero-order chi connectivity index (χ0) is 15.6. The average molecular weight is 282 g/mol. The molecule has 0 N–H and O–H groups in total. The first-order valence-electron chi connectivity index (χ1n) is 8.36. The van der Waals surface area contributed by atoms with E-state index in [1.807, 2.05) is 0 Å². The van der Waals surface area contributed by atoms with Crippen LogP contribution in [-0.2, 0) is 0 Å². The van der Waals surface area contributed by atoms with Crippen LogP contribution >= 0.6 is 0 Å². The second-order valence-electron chi connectivity index (χ2n) is 7.37. The van der Waals surface area contributed by atoms with Gasteiger partial charge in [0, 0.05) is 5.41 Å². The first-order valence-corrected chi connectivity index (χ1v) is 8.36. The summed E-state index contributed by atoms with van der Waals surface area (Å²) in [5, 5.41) is 0. The van der Waals surface area contributed by atoms with Crippen molar-refractivity contribution in [2.24, 2.45) is 23.2 Å². The largest absolute Gasteiger partial charge is 0.0667 e. The predicted molar refractivity (Wildman–Crippen MR) is 94.1 cm³/mol. The first-order chi connectivity index (χ1) is 9.89. The molecule has 0 atom stereocenters. The van der Waals surface area contributed by atoms with E-state index in [4.69, 9.17) is 0 Å². The van der Waals surface area contributed by atoms with Gasteiger partial charge >= 0.3 is 0 Å². The number of rotatable bonds is 4. The fourth-order valence-corrected chi connectivity index (χ4v) is 3.91. The zero-order valence-electron chi connectivity index (χ0n) is 14.5. The molecule has 1 aromatic rings. The lowest BCUT2D eigenvalue weighted by Gasteiger charge is -2.47. The van der Waals surface area contributed by atoms with Crippen LogP contribution in [0.4, 0.5) is 0 Å². The van der Waals surface area contributed by atoms with Gasteiger partial charge in [-0.15, -0.1) is 0 Å². The van der Waals surface area contributed by atoms with Crippen molar-refractivity contribution in [3.05, 3.63) is 53.6 Å². The van der Waals surface area contributed by atoms with E-state index in [0.717, 1.165) is 0 Å². The van der Waals surface area contributed by atoms with Gasteiger partial charge in [-0.3, -0.25) is 0 Å². The van der Waals surface area contributed by atoms with Gasteiger partial charge in [0.2, 0.25) is 0 Å². The van der Waals surface area contributed by atoms with E-state index in [0.29, 0.717) is 17.8 Å². The maximum absolute atomic E-state index is 2.40. The van der Waals surface area contributed by atoms with Crippen LogP contribution < -0.4 is 0 Å². The van der Waals surface area contributed by atoms with Crippen molar-refractivity contribution in [1.29, 1.82) is 0 Å². The standard InChI is InChI=1S/C21H30/c1-15(2)19-12-13-20(18-10-8-7-9-11-18)21(14-19,16(3)4)17(5)6/h7-13,15-17H,14H2,1-6H3. The van der Waals surface area contributed by atoms with Crippen LogP contribution in [0.5, 0.6) is 0 Å². The third kappa shape index (κ3) is 2.86. The van der Waals surface area contributed by atoms with Crippen molar-refractivity contribution in [3.63, 3.8) is 0 Å². The molecular weight excluding hydrogens is 252 g/mol. The number of allylic oxidation sites excluding steroid dienone is 4. The van der Waals surface area contributed by atoms with Crippen molar-refractivity contribution in [1.82, 2.24) is 0 Å². The molecule has 0 heteroatoms. The van der Waals surface area contributed by atoms with Gasteiger partial charge in [0.25, 0.3) is 0 Å². The quantitative estimate of drug-likeness (QED) is 0.603. The molecule has 114 valence electrons. The minimum atomic E-state index is 0.246. The van der Waals surface area contributed by atoms with Crippen molar-refractivity contribution in [2.75, 3.05) is 0 Å². The van der Waals surface area contributed by atoms with Gasteiger partial charge in [-0.05, 0) is 35.3 Å². The lowest BCUT2D eigenvalue weighted by atomic mass is 9.57. The molecule has 21 heavy (non-hydrogen) atoms.